The summed E-state index contributed by atoms with van der Waals surface area (Å²) in [5, 5.41) is 2.74. The lowest BCUT2D eigenvalue weighted by Crippen LogP contribution is -2.43. The highest BCUT2D eigenvalue weighted by Crippen LogP contribution is 2.55. The average molecular weight is 522 g/mol. The van der Waals surface area contributed by atoms with E-state index in [1.165, 1.54) is 27.3 Å². The van der Waals surface area contributed by atoms with Gasteiger partial charge in [0.25, 0.3) is 0 Å². The molecule has 5 aromatic carbocycles. The molecule has 5 aromatic rings. The Morgan fingerprint density at radius 2 is 0.769 bits per heavy atom. The first-order valence-corrected chi connectivity index (χ1v) is 16.0. The van der Waals surface area contributed by atoms with E-state index in [1.807, 2.05) is 0 Å². The van der Waals surface area contributed by atoms with Gasteiger partial charge in [0.05, 0.1) is 12.3 Å². The van der Waals surface area contributed by atoms with Crippen molar-refractivity contribution in [2.75, 3.05) is 6.16 Å². The van der Waals surface area contributed by atoms with Gasteiger partial charge in [-0.3, -0.25) is 5.82 Å². The quantitative estimate of drug-likeness (QED) is 0.105. The SMILES string of the molecule is CC[P+](C#C[B-](Cc1ccccc1)(Cc1ccccc1)Cc1ccccc1)(c1ccccc1)c1ccccc1. The maximum Gasteiger partial charge on any atom is 0.152 e. The first-order chi connectivity index (χ1) is 19.2. The summed E-state index contributed by atoms with van der Waals surface area (Å²) in [6.07, 6.45) is 2.76. The molecular weight excluding hydrogens is 486 g/mol. The molecule has 0 aromatic heterocycles. The van der Waals surface area contributed by atoms with E-state index >= 15 is 0 Å². The van der Waals surface area contributed by atoms with Gasteiger partial charge in [-0.15, -0.1) is 19.0 Å². The van der Waals surface area contributed by atoms with Crippen molar-refractivity contribution in [3.05, 3.63) is 168 Å². The predicted molar refractivity (Wildman–Crippen MR) is 174 cm³/mol. The smallest absolute Gasteiger partial charge is 0.152 e. The Morgan fingerprint density at radius 3 is 1.08 bits per heavy atom. The Balaban J connectivity index is 1.71. The fraction of sp³-hybridized carbons (Fsp3) is 0.135. The Bertz CT molecular complexity index is 1350. The normalized spacial score (nSPS) is 11.4. The molecule has 0 aliphatic rings. The van der Waals surface area contributed by atoms with Crippen molar-refractivity contribution in [3.63, 3.8) is 0 Å². The first kappa shape index (κ1) is 26.7. The summed E-state index contributed by atoms with van der Waals surface area (Å²) in [6.45, 7) is 2.32. The second kappa shape index (κ2) is 12.8. The van der Waals surface area contributed by atoms with Gasteiger partial charge < -0.3 is 0 Å². The van der Waals surface area contributed by atoms with Crippen molar-refractivity contribution in [2.45, 2.75) is 25.9 Å². The molecule has 0 aliphatic carbocycles. The standard InChI is InChI=1S/C37H36BP/c1-2-39(36-24-14-6-15-25-36,37-26-16-7-17-27-37)29-28-38(30-33-18-8-3-9-19-33,31-34-20-10-4-11-21-34)32-35-22-12-5-13-23-35/h3-27H,2,30-32H2,1H3. The zero-order chi connectivity index (χ0) is 26.8. The lowest BCUT2D eigenvalue weighted by molar-refractivity contribution is 1.16. The van der Waals surface area contributed by atoms with Crippen LogP contribution in [-0.4, -0.2) is 12.3 Å². The Kier molecular flexibility index (Phi) is 8.78. The minimum absolute atomic E-state index is 0.963. The molecule has 39 heavy (non-hydrogen) atoms. The van der Waals surface area contributed by atoms with Gasteiger partial charge in [0.15, 0.2) is 7.26 Å². The van der Waals surface area contributed by atoms with E-state index in [2.05, 4.69) is 170 Å². The van der Waals surface area contributed by atoms with Crippen molar-refractivity contribution in [1.82, 2.24) is 0 Å². The Morgan fingerprint density at radius 1 is 0.462 bits per heavy atom. The second-order valence-corrected chi connectivity index (χ2v) is 14.1. The third kappa shape index (κ3) is 6.60. The number of hydrogen-bond acceptors (Lipinski definition) is 0. The summed E-state index contributed by atoms with van der Waals surface area (Å²) in [5.41, 5.74) is 8.19. The third-order valence-corrected chi connectivity index (χ3v) is 11.7. The van der Waals surface area contributed by atoms with Crippen LogP contribution in [0.15, 0.2) is 152 Å². The molecule has 0 spiro atoms. The van der Waals surface area contributed by atoms with Crippen LogP contribution >= 0.6 is 7.26 Å². The highest BCUT2D eigenvalue weighted by atomic mass is 31.2. The molecule has 2 heteroatoms. The van der Waals surface area contributed by atoms with Crippen LogP contribution in [0.1, 0.15) is 23.6 Å². The minimum Gasteiger partial charge on any atom is -0.271 e. The summed E-state index contributed by atoms with van der Waals surface area (Å²) in [6, 6.07) is 54.9. The molecule has 0 amide bonds. The number of hydrogen-bond donors (Lipinski definition) is 0. The van der Waals surface area contributed by atoms with Gasteiger partial charge in [-0.05, 0) is 31.2 Å². The summed E-state index contributed by atoms with van der Waals surface area (Å²) in [5.74, 6) is 4.13. The topological polar surface area (TPSA) is 0 Å². The molecule has 0 aliphatic heterocycles. The van der Waals surface area contributed by atoms with Crippen LogP contribution in [0.4, 0.5) is 0 Å². The lowest BCUT2D eigenvalue weighted by Gasteiger charge is -2.35. The molecule has 0 nitrogen and oxygen atoms in total. The van der Waals surface area contributed by atoms with Gasteiger partial charge in [-0.1, -0.05) is 144 Å². The molecule has 0 heterocycles. The number of rotatable bonds is 9. The maximum atomic E-state index is 4.13. The summed E-state index contributed by atoms with van der Waals surface area (Å²) in [7, 11) is -1.94. The van der Waals surface area contributed by atoms with Crippen molar-refractivity contribution in [2.24, 2.45) is 0 Å². The summed E-state index contributed by atoms with van der Waals surface area (Å²) < 4.78 is 0. The van der Waals surface area contributed by atoms with Gasteiger partial charge in [-0.2, -0.15) is 0 Å². The van der Waals surface area contributed by atoms with Crippen LogP contribution in [0.25, 0.3) is 0 Å². The molecule has 0 bridgehead atoms. The van der Waals surface area contributed by atoms with Crippen LogP contribution in [-0.2, 0) is 19.0 Å². The van der Waals surface area contributed by atoms with Crippen LogP contribution in [0.5, 0.6) is 0 Å². The molecule has 0 N–H and O–H groups in total. The average Bonchev–Trinajstić information content (AvgIpc) is 3.00. The van der Waals surface area contributed by atoms with E-state index in [1.54, 1.807) is 0 Å². The van der Waals surface area contributed by atoms with Gasteiger partial charge >= 0.3 is 0 Å². The molecule has 0 saturated heterocycles. The van der Waals surface area contributed by atoms with E-state index in [0.717, 1.165) is 25.1 Å². The highest BCUT2D eigenvalue weighted by Gasteiger charge is 2.40. The fourth-order valence-electron chi connectivity index (χ4n) is 5.90. The maximum absolute atomic E-state index is 4.13. The van der Waals surface area contributed by atoms with Crippen LogP contribution in [0.3, 0.4) is 0 Å². The first-order valence-electron chi connectivity index (χ1n) is 14.1. The zero-order valence-corrected chi connectivity index (χ0v) is 23.7. The second-order valence-electron chi connectivity index (χ2n) is 10.6. The summed E-state index contributed by atoms with van der Waals surface area (Å²) >= 11 is 0. The van der Waals surface area contributed by atoms with E-state index in [0.29, 0.717) is 0 Å². The minimum atomic E-state index is -1.94. The van der Waals surface area contributed by atoms with Crippen molar-refractivity contribution < 1.29 is 0 Å². The lowest BCUT2D eigenvalue weighted by atomic mass is 9.19. The van der Waals surface area contributed by atoms with Gasteiger partial charge in [0, 0.05) is 5.66 Å². The van der Waals surface area contributed by atoms with Crippen molar-refractivity contribution in [1.29, 1.82) is 0 Å². The van der Waals surface area contributed by atoms with Gasteiger partial charge in [-0.25, -0.2) is 0 Å². The monoisotopic (exact) mass is 522 g/mol. The highest BCUT2D eigenvalue weighted by molar-refractivity contribution is 7.93. The van der Waals surface area contributed by atoms with Crippen molar-refractivity contribution in [3.8, 4) is 11.5 Å². The predicted octanol–water partition coefficient (Wildman–Crippen LogP) is 7.97. The van der Waals surface area contributed by atoms with E-state index in [4.69, 9.17) is 0 Å². The molecule has 0 fully saturated rings. The third-order valence-electron chi connectivity index (χ3n) is 7.84. The molecule has 0 unspecified atom stereocenters. The zero-order valence-electron chi connectivity index (χ0n) is 22.8. The van der Waals surface area contributed by atoms with E-state index in [9.17, 15) is 0 Å². The van der Waals surface area contributed by atoms with E-state index < -0.39 is 13.4 Å². The van der Waals surface area contributed by atoms with Gasteiger partial charge in [0.2, 0.25) is 0 Å². The van der Waals surface area contributed by atoms with E-state index in [-0.39, 0.29) is 0 Å². The fourth-order valence-corrected chi connectivity index (χ4v) is 9.20. The van der Waals surface area contributed by atoms with Crippen molar-refractivity contribution >= 4 is 24.0 Å². The van der Waals surface area contributed by atoms with Crippen LogP contribution in [0, 0.1) is 11.5 Å². The molecular formula is C37H36BP. The molecule has 0 radical (unpaired) electrons. The van der Waals surface area contributed by atoms with Crippen LogP contribution < -0.4 is 10.6 Å². The summed E-state index contributed by atoms with van der Waals surface area (Å²) in [4.78, 5) is 0. The molecule has 5 rings (SSSR count). The number of benzene rings is 5. The molecule has 0 saturated carbocycles. The Hall–Kier alpha value is -3.85. The molecule has 0 atom stereocenters. The van der Waals surface area contributed by atoms with Crippen LogP contribution in [0.2, 0.25) is 0 Å². The van der Waals surface area contributed by atoms with Gasteiger partial charge in [0.1, 0.15) is 10.6 Å². The largest absolute Gasteiger partial charge is 0.271 e. The molecule has 192 valence electrons. The Labute approximate surface area is 235 Å².